The quantitative estimate of drug-likeness (QED) is 0.426. The van der Waals surface area contributed by atoms with Gasteiger partial charge in [-0.1, -0.05) is 59.1 Å². The predicted molar refractivity (Wildman–Crippen MR) is 101 cm³/mol. The zero-order chi connectivity index (χ0) is 18.5. The molecule has 3 aromatic rings. The van der Waals surface area contributed by atoms with E-state index in [0.717, 1.165) is 0 Å². The molecule has 0 spiro atoms. The van der Waals surface area contributed by atoms with E-state index in [1.54, 1.807) is 35.0 Å². The Morgan fingerprint density at radius 1 is 1.19 bits per heavy atom. The van der Waals surface area contributed by atoms with Gasteiger partial charge >= 0.3 is 0 Å². The Bertz CT molecular complexity index is 1050. The van der Waals surface area contributed by atoms with Crippen molar-refractivity contribution in [3.8, 4) is 0 Å². The number of ether oxygens (including phenoxy) is 1. The number of epoxide rings is 1. The molecule has 0 aliphatic carbocycles. The molecule has 1 aliphatic heterocycles. The smallest absolute Gasteiger partial charge is 0.215 e. The Kier molecular flexibility index (Phi) is 4.57. The van der Waals surface area contributed by atoms with Gasteiger partial charge in [-0.3, -0.25) is 9.78 Å². The summed E-state index contributed by atoms with van der Waals surface area (Å²) < 4.78 is 22.8. The second-order valence-electron chi connectivity index (χ2n) is 5.89. The maximum absolute atomic E-state index is 14.8. The molecular weight excluding hydrogens is 420 g/mol. The van der Waals surface area contributed by atoms with Gasteiger partial charge in [0.15, 0.2) is 0 Å². The molecule has 4 rings (SSSR count). The van der Waals surface area contributed by atoms with Gasteiger partial charge in [-0.2, -0.15) is 0 Å². The molecule has 0 bridgehead atoms. The summed E-state index contributed by atoms with van der Waals surface area (Å²) in [4.78, 5) is 3.99. The van der Waals surface area contributed by atoms with Gasteiger partial charge in [-0.25, -0.2) is 9.37 Å². The van der Waals surface area contributed by atoms with E-state index in [2.05, 4.69) is 10.1 Å². The number of hydrogen-bond acceptors (Lipinski definition) is 3. The third-order valence-corrected chi connectivity index (χ3v) is 5.83. The van der Waals surface area contributed by atoms with Crippen LogP contribution < -0.4 is 0 Å². The highest BCUT2D eigenvalue weighted by Crippen LogP contribution is 2.60. The lowest BCUT2D eigenvalue weighted by Gasteiger charge is -2.16. The summed E-state index contributed by atoms with van der Waals surface area (Å²) in [7, 11) is 0. The maximum Gasteiger partial charge on any atom is 0.215 e. The van der Waals surface area contributed by atoms with E-state index in [1.807, 2.05) is 0 Å². The van der Waals surface area contributed by atoms with Crippen molar-refractivity contribution in [2.45, 2.75) is 18.2 Å². The van der Waals surface area contributed by atoms with Crippen LogP contribution in [0.2, 0.25) is 15.1 Å². The van der Waals surface area contributed by atoms with Crippen LogP contribution in [0.4, 0.5) is 4.39 Å². The first-order valence-corrected chi connectivity index (χ1v) is 9.14. The molecule has 2 heterocycles. The zero-order valence-corrected chi connectivity index (χ0v) is 16.1. The summed E-state index contributed by atoms with van der Waals surface area (Å²) in [5.41, 5.74) is -0.0410. The number of rotatable bonds is 4. The minimum Gasteiger partial charge on any atom is -0.354 e. The molecule has 1 aliphatic rings. The highest BCUT2D eigenvalue weighted by atomic mass is 35.5. The van der Waals surface area contributed by atoms with Crippen LogP contribution in [0, 0.1) is 10.6 Å². The Morgan fingerprint density at radius 2 is 1.92 bits per heavy atom. The molecule has 1 aromatic heterocycles. The van der Waals surface area contributed by atoms with Crippen LogP contribution in [0.25, 0.3) is 0 Å². The molecule has 2 atom stereocenters. The van der Waals surface area contributed by atoms with Crippen molar-refractivity contribution >= 4 is 47.0 Å². The largest absolute Gasteiger partial charge is 0.354 e. The van der Waals surface area contributed by atoms with E-state index in [-0.39, 0.29) is 11.6 Å². The number of halogens is 4. The van der Waals surface area contributed by atoms with Crippen molar-refractivity contribution in [1.29, 1.82) is 0 Å². The summed E-state index contributed by atoms with van der Waals surface area (Å²) in [6, 6.07) is 10.1. The van der Waals surface area contributed by atoms with Gasteiger partial charge in [0.25, 0.3) is 0 Å². The van der Waals surface area contributed by atoms with Gasteiger partial charge in [0, 0.05) is 11.1 Å². The van der Waals surface area contributed by atoms with Crippen LogP contribution >= 0.6 is 47.0 Å². The number of aromatic amines is 1. The number of benzene rings is 2. The third kappa shape index (κ3) is 2.86. The molecule has 1 fully saturated rings. The third-order valence-electron chi connectivity index (χ3n) is 4.38. The van der Waals surface area contributed by atoms with Crippen LogP contribution in [-0.4, -0.2) is 14.8 Å². The first-order chi connectivity index (χ1) is 12.4. The molecule has 4 nitrogen and oxygen atoms in total. The van der Waals surface area contributed by atoms with Crippen molar-refractivity contribution < 1.29 is 9.13 Å². The first kappa shape index (κ1) is 17.9. The van der Waals surface area contributed by atoms with E-state index < -0.39 is 17.5 Å². The lowest BCUT2D eigenvalue weighted by molar-refractivity contribution is 0.256. The Labute approximate surface area is 168 Å². The number of aromatic nitrogens is 3. The topological polar surface area (TPSA) is 46.1 Å². The Hall–Kier alpha value is -1.44. The van der Waals surface area contributed by atoms with Gasteiger partial charge < -0.3 is 4.74 Å². The highest BCUT2D eigenvalue weighted by Gasteiger charge is 2.61. The summed E-state index contributed by atoms with van der Waals surface area (Å²) >= 11 is 23.7. The van der Waals surface area contributed by atoms with E-state index in [1.165, 1.54) is 12.4 Å². The standard InChI is InChI=1S/C17H11Cl3FN3OS/c18-11-5-1-3-9(13(11)20)15-17(25-15,7-24-16(26)22-8-23-24)10-4-2-6-12(19)14(10)21/h1-6,8,15H,7H2,(H,22,23,26). The predicted octanol–water partition coefficient (Wildman–Crippen LogP) is 5.71. The van der Waals surface area contributed by atoms with E-state index in [0.29, 0.717) is 25.9 Å². The fourth-order valence-electron chi connectivity index (χ4n) is 3.08. The van der Waals surface area contributed by atoms with Crippen LogP contribution in [0.15, 0.2) is 42.7 Å². The summed E-state index contributed by atoms with van der Waals surface area (Å²) in [6.45, 7) is 0.219. The minimum absolute atomic E-state index is 0.0153. The molecular formula is C17H11Cl3FN3OS. The minimum atomic E-state index is -1.03. The molecule has 0 amide bonds. The van der Waals surface area contributed by atoms with E-state index in [9.17, 15) is 4.39 Å². The lowest BCUT2D eigenvalue weighted by Crippen LogP contribution is -2.21. The number of nitrogens with zero attached hydrogens (tertiary/aromatic N) is 2. The van der Waals surface area contributed by atoms with E-state index >= 15 is 0 Å². The molecule has 26 heavy (non-hydrogen) atoms. The van der Waals surface area contributed by atoms with Gasteiger partial charge in [-0.15, -0.1) is 0 Å². The van der Waals surface area contributed by atoms with Gasteiger partial charge in [-0.05, 0) is 24.4 Å². The van der Waals surface area contributed by atoms with Gasteiger partial charge in [0.05, 0.1) is 21.6 Å². The lowest BCUT2D eigenvalue weighted by atomic mass is 9.91. The molecule has 9 heteroatoms. The molecule has 134 valence electrons. The maximum atomic E-state index is 14.8. The SMILES string of the molecule is Fc1c(Cl)cccc1C1(Cn2[nH]cnc2=S)OC1c1cccc(Cl)c1Cl. The number of nitrogens with one attached hydrogen (secondary N) is 1. The van der Waals surface area contributed by atoms with Crippen molar-refractivity contribution in [1.82, 2.24) is 14.8 Å². The van der Waals surface area contributed by atoms with Gasteiger partial charge in [0.2, 0.25) is 4.77 Å². The van der Waals surface area contributed by atoms with Crippen molar-refractivity contribution in [2.24, 2.45) is 0 Å². The molecule has 0 radical (unpaired) electrons. The fraction of sp³-hybridized carbons (Fsp3) is 0.176. The van der Waals surface area contributed by atoms with Crippen LogP contribution in [0.3, 0.4) is 0 Å². The molecule has 2 unspecified atom stereocenters. The molecule has 1 N–H and O–H groups in total. The monoisotopic (exact) mass is 429 g/mol. The normalized spacial score (nSPS) is 21.8. The summed E-state index contributed by atoms with van der Waals surface area (Å²) in [6.07, 6.45) is 0.959. The Morgan fingerprint density at radius 3 is 2.65 bits per heavy atom. The first-order valence-electron chi connectivity index (χ1n) is 7.60. The van der Waals surface area contributed by atoms with Crippen molar-refractivity contribution in [3.63, 3.8) is 0 Å². The molecule has 2 aromatic carbocycles. The average Bonchev–Trinajstić information content (AvgIpc) is 3.19. The Balaban J connectivity index is 1.84. The number of H-pyrrole nitrogens is 1. The zero-order valence-electron chi connectivity index (χ0n) is 13.0. The van der Waals surface area contributed by atoms with E-state index in [4.69, 9.17) is 51.8 Å². The fourth-order valence-corrected chi connectivity index (χ4v) is 3.83. The van der Waals surface area contributed by atoms with Gasteiger partial charge in [0.1, 0.15) is 23.8 Å². The molecule has 1 saturated heterocycles. The van der Waals surface area contributed by atoms with Crippen molar-refractivity contribution in [3.05, 3.63) is 79.5 Å². The summed E-state index contributed by atoms with van der Waals surface area (Å²) in [5.74, 6) is -0.541. The average molecular weight is 431 g/mol. The van der Waals surface area contributed by atoms with Crippen LogP contribution in [-0.2, 0) is 16.9 Å². The second kappa shape index (κ2) is 6.62. The highest BCUT2D eigenvalue weighted by molar-refractivity contribution is 7.71. The van der Waals surface area contributed by atoms with Crippen molar-refractivity contribution in [2.75, 3.05) is 0 Å². The summed E-state index contributed by atoms with van der Waals surface area (Å²) in [5, 5.41) is 3.70. The second-order valence-corrected chi connectivity index (χ2v) is 7.45. The number of hydrogen-bond donors (Lipinski definition) is 1. The van der Waals surface area contributed by atoms with Crippen LogP contribution in [0.1, 0.15) is 17.2 Å². The molecule has 0 saturated carbocycles. The van der Waals surface area contributed by atoms with Crippen LogP contribution in [0.5, 0.6) is 0 Å².